The molecule has 0 radical (unpaired) electrons. The zero-order valence-corrected chi connectivity index (χ0v) is 28.7. The molecule has 0 amide bonds. The number of esters is 1. The molecule has 1 unspecified atom stereocenters. The quantitative estimate of drug-likeness (QED) is 0.0546. The Balaban J connectivity index is 1.47. The summed E-state index contributed by atoms with van der Waals surface area (Å²) in [7, 11) is 0. The molecule has 0 aliphatic carbocycles. The average molecular weight is 658 g/mol. The molecule has 0 heterocycles. The molecule has 0 saturated carbocycles. The summed E-state index contributed by atoms with van der Waals surface area (Å²) in [5, 5.41) is 8.69. The summed E-state index contributed by atoms with van der Waals surface area (Å²) in [5.74, 6) is 0.648. The summed E-state index contributed by atoms with van der Waals surface area (Å²) < 4.78 is 10.5. The first-order chi connectivity index (χ1) is 20.5. The average Bonchev–Trinajstić information content (AvgIpc) is 2.97. The molecule has 2 aromatic rings. The molecule has 1 atom stereocenters. The SMILES string of the molecule is CCCCc1ccc(/N=N/c2ccc(OCCCCCCCCCCCOC(=O)C(C)(Br)CC(C)(C)C(C)=O)cc2)cc1. The Morgan fingerprint density at radius 2 is 1.21 bits per heavy atom. The van der Waals surface area contributed by atoms with E-state index in [1.807, 2.05) is 50.2 Å². The molecule has 0 aliphatic heterocycles. The molecule has 0 fully saturated rings. The van der Waals surface area contributed by atoms with Crippen molar-refractivity contribution in [1.29, 1.82) is 0 Å². The molecule has 6 nitrogen and oxygen atoms in total. The monoisotopic (exact) mass is 656 g/mol. The predicted molar refractivity (Wildman–Crippen MR) is 180 cm³/mol. The molecule has 0 spiro atoms. The lowest BCUT2D eigenvalue weighted by Crippen LogP contribution is -2.38. The van der Waals surface area contributed by atoms with Crippen molar-refractivity contribution >= 4 is 39.1 Å². The van der Waals surface area contributed by atoms with E-state index in [4.69, 9.17) is 9.47 Å². The summed E-state index contributed by atoms with van der Waals surface area (Å²) in [6.45, 7) is 10.4. The number of ether oxygens (including phenoxy) is 2. The van der Waals surface area contributed by atoms with Gasteiger partial charge in [-0.3, -0.25) is 9.59 Å². The molecule has 0 aliphatic rings. The van der Waals surface area contributed by atoms with Crippen LogP contribution in [-0.2, 0) is 20.7 Å². The normalized spacial score (nSPS) is 13.2. The minimum Gasteiger partial charge on any atom is -0.494 e. The maximum absolute atomic E-state index is 12.4. The summed E-state index contributed by atoms with van der Waals surface area (Å²) in [4.78, 5) is 24.2. The number of nitrogens with zero attached hydrogens (tertiary/aromatic N) is 2. The Labute approximate surface area is 268 Å². The van der Waals surface area contributed by atoms with Gasteiger partial charge in [0.1, 0.15) is 15.9 Å². The second kappa shape index (κ2) is 19.7. The number of Topliss-reactive ketones (excluding diaryl/α,β-unsaturated/α-hetero) is 1. The van der Waals surface area contributed by atoms with Crippen molar-refractivity contribution in [3.63, 3.8) is 0 Å². The first-order valence-corrected chi connectivity index (χ1v) is 16.9. The van der Waals surface area contributed by atoms with E-state index < -0.39 is 9.74 Å². The largest absolute Gasteiger partial charge is 0.494 e. The van der Waals surface area contributed by atoms with E-state index in [9.17, 15) is 9.59 Å². The number of rotatable bonds is 22. The van der Waals surface area contributed by atoms with E-state index in [1.165, 1.54) is 50.5 Å². The fourth-order valence-electron chi connectivity index (χ4n) is 4.81. The van der Waals surface area contributed by atoms with E-state index >= 15 is 0 Å². The number of carbonyl (C=O) groups is 2. The number of hydrogen-bond donors (Lipinski definition) is 0. The van der Waals surface area contributed by atoms with Crippen LogP contribution in [0.5, 0.6) is 5.75 Å². The Hall–Kier alpha value is -2.54. The fraction of sp³-hybridized carbons (Fsp3) is 0.611. The highest BCUT2D eigenvalue weighted by Crippen LogP contribution is 2.35. The van der Waals surface area contributed by atoms with Crippen LogP contribution in [0.25, 0.3) is 0 Å². The zero-order valence-electron chi connectivity index (χ0n) is 27.1. The van der Waals surface area contributed by atoms with Gasteiger partial charge in [0.05, 0.1) is 24.6 Å². The summed E-state index contributed by atoms with van der Waals surface area (Å²) in [6, 6.07) is 16.1. The van der Waals surface area contributed by atoms with Crippen LogP contribution >= 0.6 is 15.9 Å². The number of alkyl halides is 1. The summed E-state index contributed by atoms with van der Waals surface area (Å²) in [6.07, 6.45) is 14.2. The number of unbranched alkanes of at least 4 members (excludes halogenated alkanes) is 9. The number of carbonyl (C=O) groups excluding carboxylic acids is 2. The number of ketones is 1. The molecular formula is C36H53BrN2O4. The fourth-order valence-corrected chi connectivity index (χ4v) is 5.62. The van der Waals surface area contributed by atoms with Crippen LogP contribution in [-0.4, -0.2) is 29.3 Å². The topological polar surface area (TPSA) is 77.3 Å². The lowest BCUT2D eigenvalue weighted by molar-refractivity contribution is -0.147. The first kappa shape index (κ1) is 36.7. The van der Waals surface area contributed by atoms with Gasteiger partial charge in [-0.2, -0.15) is 10.2 Å². The van der Waals surface area contributed by atoms with E-state index in [-0.39, 0.29) is 11.8 Å². The van der Waals surface area contributed by atoms with Crippen LogP contribution in [0.15, 0.2) is 58.8 Å². The first-order valence-electron chi connectivity index (χ1n) is 16.1. The molecule has 43 heavy (non-hydrogen) atoms. The molecule has 238 valence electrons. The van der Waals surface area contributed by atoms with Crippen LogP contribution < -0.4 is 4.74 Å². The summed E-state index contributed by atoms with van der Waals surface area (Å²) >= 11 is 3.48. The van der Waals surface area contributed by atoms with Crippen molar-refractivity contribution in [3.8, 4) is 5.75 Å². The lowest BCUT2D eigenvalue weighted by Gasteiger charge is -2.30. The van der Waals surface area contributed by atoms with E-state index in [2.05, 4.69) is 45.2 Å². The van der Waals surface area contributed by atoms with Gasteiger partial charge in [0.25, 0.3) is 0 Å². The number of benzene rings is 2. The smallest absolute Gasteiger partial charge is 0.322 e. The second-order valence-electron chi connectivity index (χ2n) is 12.4. The third kappa shape index (κ3) is 15.1. The minimum atomic E-state index is -0.841. The van der Waals surface area contributed by atoms with Gasteiger partial charge < -0.3 is 9.47 Å². The zero-order chi connectivity index (χ0) is 31.6. The minimum absolute atomic E-state index is 0.0696. The Morgan fingerprint density at radius 1 is 0.721 bits per heavy atom. The van der Waals surface area contributed by atoms with Gasteiger partial charge in [-0.1, -0.05) is 100 Å². The number of hydrogen-bond acceptors (Lipinski definition) is 6. The van der Waals surface area contributed by atoms with Crippen molar-refractivity contribution < 1.29 is 19.1 Å². The van der Waals surface area contributed by atoms with Gasteiger partial charge in [0, 0.05) is 5.41 Å². The molecular weight excluding hydrogens is 604 g/mol. The van der Waals surface area contributed by atoms with Gasteiger partial charge in [0.15, 0.2) is 0 Å². The van der Waals surface area contributed by atoms with Gasteiger partial charge in [0.2, 0.25) is 0 Å². The molecule has 2 rings (SSSR count). The number of aryl methyl sites for hydroxylation is 1. The van der Waals surface area contributed by atoms with Crippen LogP contribution in [0.3, 0.4) is 0 Å². The maximum atomic E-state index is 12.4. The maximum Gasteiger partial charge on any atom is 0.322 e. The third-order valence-corrected chi connectivity index (χ3v) is 8.42. The molecule has 0 bridgehead atoms. The van der Waals surface area contributed by atoms with Crippen LogP contribution in [0.1, 0.15) is 117 Å². The van der Waals surface area contributed by atoms with Crippen molar-refractivity contribution in [2.24, 2.45) is 15.6 Å². The Kier molecular flexibility index (Phi) is 16.8. The van der Waals surface area contributed by atoms with E-state index in [1.54, 1.807) is 13.8 Å². The second-order valence-corrected chi connectivity index (χ2v) is 14.2. The van der Waals surface area contributed by atoms with Gasteiger partial charge in [-0.05, 0) is 87.9 Å². The van der Waals surface area contributed by atoms with Crippen LogP contribution in [0, 0.1) is 5.41 Å². The third-order valence-electron chi connectivity index (χ3n) is 7.82. The number of halogens is 1. The lowest BCUT2D eigenvalue weighted by atomic mass is 9.80. The molecule has 0 N–H and O–H groups in total. The van der Waals surface area contributed by atoms with Gasteiger partial charge in [-0.15, -0.1) is 0 Å². The van der Waals surface area contributed by atoms with E-state index in [0.717, 1.165) is 55.8 Å². The van der Waals surface area contributed by atoms with Crippen molar-refractivity contribution in [1.82, 2.24) is 0 Å². The van der Waals surface area contributed by atoms with Gasteiger partial charge in [-0.25, -0.2) is 0 Å². The molecule has 7 heteroatoms. The standard InChI is InChI=1S/C36H53BrN2O4/c1-6-7-17-30-18-20-31(21-19-30)38-39-32-22-24-33(25-23-32)42-26-15-13-11-9-8-10-12-14-16-27-43-34(41)36(5,37)28-35(3,4)29(2)40/h18-25H,6-17,26-28H2,1-5H3/b39-38+. The predicted octanol–water partition coefficient (Wildman–Crippen LogP) is 11.0. The summed E-state index contributed by atoms with van der Waals surface area (Å²) in [5.41, 5.74) is 2.46. The van der Waals surface area contributed by atoms with Crippen LogP contribution in [0.2, 0.25) is 0 Å². The highest BCUT2D eigenvalue weighted by molar-refractivity contribution is 9.10. The van der Waals surface area contributed by atoms with E-state index in [0.29, 0.717) is 13.0 Å². The molecule has 0 saturated heterocycles. The van der Waals surface area contributed by atoms with Crippen LogP contribution in [0.4, 0.5) is 11.4 Å². The van der Waals surface area contributed by atoms with Crippen molar-refractivity contribution in [3.05, 3.63) is 54.1 Å². The Bertz CT molecular complexity index is 1110. The van der Waals surface area contributed by atoms with Crippen molar-refractivity contribution in [2.45, 2.75) is 122 Å². The number of azo groups is 1. The Morgan fingerprint density at radius 3 is 1.72 bits per heavy atom. The highest BCUT2D eigenvalue weighted by Gasteiger charge is 2.39. The van der Waals surface area contributed by atoms with Crippen molar-refractivity contribution in [2.75, 3.05) is 13.2 Å². The molecule has 0 aromatic heterocycles. The highest BCUT2D eigenvalue weighted by atomic mass is 79.9. The molecule has 2 aromatic carbocycles. The van der Waals surface area contributed by atoms with Gasteiger partial charge >= 0.3 is 5.97 Å².